The summed E-state index contributed by atoms with van der Waals surface area (Å²) in [7, 11) is 0. The summed E-state index contributed by atoms with van der Waals surface area (Å²) in [5.74, 6) is -0.483. The molecule has 1 aromatic carbocycles. The Balaban J connectivity index is 2.54. The summed E-state index contributed by atoms with van der Waals surface area (Å²) >= 11 is 0. The first-order valence-corrected chi connectivity index (χ1v) is 3.73. The van der Waals surface area contributed by atoms with E-state index in [0.29, 0.717) is 0 Å². The van der Waals surface area contributed by atoms with Crippen molar-refractivity contribution in [2.24, 2.45) is 0 Å². The van der Waals surface area contributed by atoms with Gasteiger partial charge in [0.25, 0.3) is 0 Å². The predicted octanol–water partition coefficient (Wildman–Crippen LogP) is 2.06. The number of hydrogen-bond donors (Lipinski definition) is 0. The highest BCUT2D eigenvalue weighted by Crippen LogP contribution is 2.07. The van der Waals surface area contributed by atoms with E-state index in [4.69, 9.17) is 6.11 Å². The Morgan fingerprint density at radius 3 is 3.00 bits per heavy atom. The third-order valence-corrected chi connectivity index (χ3v) is 1.65. The lowest BCUT2D eigenvalue weighted by Gasteiger charge is -2.04. The van der Waals surface area contributed by atoms with Crippen LogP contribution in [0.1, 0.15) is 19.4 Å². The molecular weight excluding hydrogens is 152 g/mol. The van der Waals surface area contributed by atoms with Crippen LogP contribution in [0.3, 0.4) is 0 Å². The van der Waals surface area contributed by atoms with Crippen molar-refractivity contribution in [3.8, 4) is 0 Å². The Morgan fingerprint density at radius 1 is 1.58 bits per heavy atom. The lowest BCUT2D eigenvalue weighted by molar-refractivity contribution is -0.142. The molecule has 0 aliphatic heterocycles. The molecule has 1 aromatic rings. The number of hydrogen-bond acceptors (Lipinski definition) is 2. The Bertz CT molecular complexity index is 297. The maximum absolute atomic E-state index is 10.7. The molecule has 0 unspecified atom stereocenters. The van der Waals surface area contributed by atoms with Gasteiger partial charge in [0, 0.05) is 8.27 Å². The Morgan fingerprint density at radius 2 is 2.33 bits per heavy atom. The summed E-state index contributed by atoms with van der Waals surface area (Å²) in [6.45, 7) is 1.92. The van der Waals surface area contributed by atoms with E-state index >= 15 is 0 Å². The van der Waals surface area contributed by atoms with Gasteiger partial charge < -0.3 is 4.74 Å². The number of carbonyl (C=O) groups is 1. The summed E-state index contributed by atoms with van der Waals surface area (Å²) in [6, 6.07) is 7.71. The van der Waals surface area contributed by atoms with Gasteiger partial charge in [-0.2, -0.15) is 0 Å². The van der Waals surface area contributed by atoms with Gasteiger partial charge in [-0.3, -0.25) is 4.79 Å². The van der Waals surface area contributed by atoms with Crippen molar-refractivity contribution in [3.63, 3.8) is 0 Å². The number of rotatable bonds is 2. The van der Waals surface area contributed by atoms with Crippen LogP contribution in [0.2, 0.25) is 0 Å². The van der Waals surface area contributed by atoms with Gasteiger partial charge in [0.05, 0.1) is 0 Å². The van der Waals surface area contributed by atoms with Gasteiger partial charge in [0.15, 0.2) is 0 Å². The summed E-state index contributed by atoms with van der Waals surface area (Å²) < 4.78 is 11.6. The van der Waals surface area contributed by atoms with Crippen LogP contribution in [0, 0.1) is 6.92 Å². The molecule has 0 aliphatic rings. The molecule has 12 heavy (non-hydrogen) atoms. The first kappa shape index (κ1) is 7.35. The van der Waals surface area contributed by atoms with Gasteiger partial charge in [-0.1, -0.05) is 24.3 Å². The molecule has 0 aromatic heterocycles. The van der Waals surface area contributed by atoms with Gasteiger partial charge >= 0.3 is 5.97 Å². The number of ether oxygens (including phenoxy) is 1. The highest BCUT2D eigenvalue weighted by Gasteiger charge is 1.98. The standard InChI is InChI=1S/C10H12O2/c1-8-5-3-4-6-10(8)7-12-9(2)11/h3-6H,7H2,1-2H3/i2D. The highest BCUT2D eigenvalue weighted by atomic mass is 16.5. The molecule has 0 aliphatic carbocycles. The predicted molar refractivity (Wildman–Crippen MR) is 46.6 cm³/mol. The second-order valence-electron chi connectivity index (χ2n) is 2.59. The van der Waals surface area contributed by atoms with Crippen LogP contribution < -0.4 is 0 Å². The zero-order chi connectivity index (χ0) is 9.68. The van der Waals surface area contributed by atoms with Crippen LogP contribution in [0.25, 0.3) is 0 Å². The molecule has 0 N–H and O–H groups in total. The smallest absolute Gasteiger partial charge is 0.302 e. The third-order valence-electron chi connectivity index (χ3n) is 1.65. The SMILES string of the molecule is [2H]CC(=O)OCc1ccccc1C. The van der Waals surface area contributed by atoms with Crippen molar-refractivity contribution < 1.29 is 10.9 Å². The molecule has 0 radical (unpaired) electrons. The van der Waals surface area contributed by atoms with E-state index in [1.807, 2.05) is 31.2 Å². The number of carbonyl (C=O) groups excluding carboxylic acids is 1. The molecule has 64 valence electrons. The average Bonchev–Trinajstić information content (AvgIpc) is 2.16. The minimum atomic E-state index is -0.483. The molecular formula is C10H12O2. The Hall–Kier alpha value is -1.31. The average molecular weight is 165 g/mol. The van der Waals surface area contributed by atoms with Crippen LogP contribution in [0.4, 0.5) is 0 Å². The van der Waals surface area contributed by atoms with Crippen molar-refractivity contribution >= 4 is 5.97 Å². The fourth-order valence-corrected chi connectivity index (χ4v) is 0.930. The van der Waals surface area contributed by atoms with E-state index in [1.54, 1.807) is 0 Å². The third kappa shape index (κ3) is 2.38. The van der Waals surface area contributed by atoms with Crippen LogP contribution in [-0.2, 0) is 16.1 Å². The Kier molecular flexibility index (Phi) is 2.39. The van der Waals surface area contributed by atoms with Crippen molar-refractivity contribution in [2.45, 2.75) is 20.4 Å². The van der Waals surface area contributed by atoms with E-state index < -0.39 is 5.97 Å². The molecule has 0 saturated heterocycles. The highest BCUT2D eigenvalue weighted by molar-refractivity contribution is 5.65. The van der Waals surface area contributed by atoms with E-state index in [-0.39, 0.29) is 13.5 Å². The molecule has 0 spiro atoms. The summed E-state index contributed by atoms with van der Waals surface area (Å²) in [6.07, 6.45) is 0. The molecule has 0 amide bonds. The second kappa shape index (κ2) is 3.90. The zero-order valence-corrected chi connectivity index (χ0v) is 7.04. The summed E-state index contributed by atoms with van der Waals surface area (Å²) in [5, 5.41) is 0. The van der Waals surface area contributed by atoms with Crippen LogP contribution in [0.15, 0.2) is 24.3 Å². The van der Waals surface area contributed by atoms with Gasteiger partial charge in [0.2, 0.25) is 0 Å². The van der Waals surface area contributed by atoms with Crippen molar-refractivity contribution in [3.05, 3.63) is 35.4 Å². The van der Waals surface area contributed by atoms with E-state index in [0.717, 1.165) is 11.1 Å². The lowest BCUT2D eigenvalue weighted by atomic mass is 10.1. The fourth-order valence-electron chi connectivity index (χ4n) is 0.930. The Labute approximate surface area is 73.6 Å². The van der Waals surface area contributed by atoms with Gasteiger partial charge in [-0.15, -0.1) is 0 Å². The van der Waals surface area contributed by atoms with Gasteiger partial charge in [-0.25, -0.2) is 0 Å². The zero-order valence-electron chi connectivity index (χ0n) is 8.04. The molecule has 2 nitrogen and oxygen atoms in total. The minimum Gasteiger partial charge on any atom is -0.461 e. The molecule has 0 bridgehead atoms. The molecule has 0 saturated carbocycles. The van der Waals surface area contributed by atoms with Gasteiger partial charge in [0.1, 0.15) is 6.61 Å². The van der Waals surface area contributed by atoms with Crippen molar-refractivity contribution in [1.82, 2.24) is 0 Å². The lowest BCUT2D eigenvalue weighted by Crippen LogP contribution is -1.99. The number of aryl methyl sites for hydroxylation is 1. The quantitative estimate of drug-likeness (QED) is 0.627. The molecule has 2 heteroatoms. The van der Waals surface area contributed by atoms with Crippen LogP contribution in [-0.4, -0.2) is 5.97 Å². The topological polar surface area (TPSA) is 26.3 Å². The number of esters is 1. The first-order valence-electron chi connectivity index (χ1n) is 4.44. The van der Waals surface area contributed by atoms with E-state index in [1.165, 1.54) is 0 Å². The molecule has 0 fully saturated rings. The maximum atomic E-state index is 10.7. The summed E-state index contributed by atoms with van der Waals surface area (Å²) in [4.78, 5) is 10.7. The minimum absolute atomic E-state index is 0.268. The normalized spacial score (nSPS) is 10.6. The van der Waals surface area contributed by atoms with E-state index in [2.05, 4.69) is 0 Å². The monoisotopic (exact) mass is 165 g/mol. The van der Waals surface area contributed by atoms with Gasteiger partial charge in [-0.05, 0) is 18.1 Å². The van der Waals surface area contributed by atoms with Crippen LogP contribution >= 0.6 is 0 Å². The second-order valence-corrected chi connectivity index (χ2v) is 2.59. The van der Waals surface area contributed by atoms with Crippen molar-refractivity contribution in [1.29, 1.82) is 0 Å². The fraction of sp³-hybridized carbons (Fsp3) is 0.300. The molecule has 1 rings (SSSR count). The number of benzene rings is 1. The maximum Gasteiger partial charge on any atom is 0.302 e. The van der Waals surface area contributed by atoms with Crippen LogP contribution in [0.5, 0.6) is 0 Å². The molecule has 0 atom stereocenters. The van der Waals surface area contributed by atoms with E-state index in [9.17, 15) is 4.79 Å². The van der Waals surface area contributed by atoms with Crippen molar-refractivity contribution in [2.75, 3.05) is 0 Å². The largest absolute Gasteiger partial charge is 0.461 e. The summed E-state index contributed by atoms with van der Waals surface area (Å²) in [5.41, 5.74) is 2.09. The first-order chi connectivity index (χ1) is 6.24. The molecule has 0 heterocycles.